The summed E-state index contributed by atoms with van der Waals surface area (Å²) in [6.45, 7) is 3.29. The highest BCUT2D eigenvalue weighted by molar-refractivity contribution is 6.33. The lowest BCUT2D eigenvalue weighted by Crippen LogP contribution is -2.26. The number of hydrogen-bond donors (Lipinski definition) is 2. The molecule has 2 aliphatic heterocycles. The predicted molar refractivity (Wildman–Crippen MR) is 101 cm³/mol. The molecule has 0 aliphatic carbocycles. The van der Waals surface area contributed by atoms with Crippen LogP contribution in [0.25, 0.3) is 5.57 Å². The zero-order valence-corrected chi connectivity index (χ0v) is 15.0. The van der Waals surface area contributed by atoms with Gasteiger partial charge in [0, 0.05) is 31.8 Å². The summed E-state index contributed by atoms with van der Waals surface area (Å²) in [6, 6.07) is 4.02. The molecule has 0 aromatic carbocycles. The summed E-state index contributed by atoms with van der Waals surface area (Å²) >= 11 is 6.10. The van der Waals surface area contributed by atoms with Gasteiger partial charge < -0.3 is 15.0 Å². The van der Waals surface area contributed by atoms with E-state index in [9.17, 15) is 4.79 Å². The van der Waals surface area contributed by atoms with E-state index in [0.717, 1.165) is 38.0 Å². The van der Waals surface area contributed by atoms with E-state index in [4.69, 9.17) is 16.3 Å². The number of pyridine rings is 1. The van der Waals surface area contributed by atoms with Crippen LogP contribution < -0.4 is 20.5 Å². The third kappa shape index (κ3) is 3.59. The minimum absolute atomic E-state index is 0.00453. The van der Waals surface area contributed by atoms with Gasteiger partial charge in [0.2, 0.25) is 5.88 Å². The van der Waals surface area contributed by atoms with E-state index in [1.54, 1.807) is 12.4 Å². The molecule has 4 rings (SSSR count). The highest BCUT2D eigenvalue weighted by Gasteiger charge is 2.27. The first kappa shape index (κ1) is 17.1. The Hall–Kier alpha value is -2.38. The quantitative estimate of drug-likeness (QED) is 0.851. The highest BCUT2D eigenvalue weighted by Crippen LogP contribution is 2.27. The van der Waals surface area contributed by atoms with Gasteiger partial charge in [-0.2, -0.15) is 5.10 Å². The Bertz CT molecular complexity index is 882. The van der Waals surface area contributed by atoms with Gasteiger partial charge in [-0.05, 0) is 30.2 Å². The van der Waals surface area contributed by atoms with Crippen molar-refractivity contribution in [1.29, 1.82) is 0 Å². The number of anilines is 1. The molecule has 4 heterocycles. The summed E-state index contributed by atoms with van der Waals surface area (Å²) in [5, 5.41) is 9.65. The number of rotatable bonds is 4. The molecule has 1 saturated heterocycles. The van der Waals surface area contributed by atoms with Gasteiger partial charge in [0.05, 0.1) is 18.4 Å². The molecule has 2 aromatic rings. The molecular formula is C18H20ClN5O2. The van der Waals surface area contributed by atoms with Crippen LogP contribution in [0.5, 0.6) is 5.88 Å². The Labute approximate surface area is 156 Å². The fourth-order valence-corrected chi connectivity index (χ4v) is 3.58. The summed E-state index contributed by atoms with van der Waals surface area (Å²) in [6.07, 6.45) is 7.42. The molecule has 7 nitrogen and oxygen atoms in total. The molecule has 1 atom stereocenters. The van der Waals surface area contributed by atoms with Crippen molar-refractivity contribution < 1.29 is 4.74 Å². The molecule has 26 heavy (non-hydrogen) atoms. The third-order valence-electron chi connectivity index (χ3n) is 4.72. The molecule has 0 spiro atoms. The molecule has 2 N–H and O–H groups in total. The van der Waals surface area contributed by atoms with Gasteiger partial charge in [0.15, 0.2) is 0 Å². The molecule has 0 radical (unpaired) electrons. The lowest BCUT2D eigenvalue weighted by molar-refractivity contribution is 0.216. The van der Waals surface area contributed by atoms with Crippen LogP contribution in [-0.2, 0) is 0 Å². The third-order valence-corrected chi connectivity index (χ3v) is 5.09. The summed E-state index contributed by atoms with van der Waals surface area (Å²) in [5.74, 6) is 0.629. The van der Waals surface area contributed by atoms with Crippen molar-refractivity contribution >= 4 is 22.9 Å². The first-order valence-electron chi connectivity index (χ1n) is 8.71. The monoisotopic (exact) mass is 373 g/mol. The predicted octanol–water partition coefficient (Wildman–Crippen LogP) is 1.85. The Morgan fingerprint density at radius 1 is 1.38 bits per heavy atom. The average molecular weight is 374 g/mol. The number of H-pyrrole nitrogens is 1. The first-order valence-corrected chi connectivity index (χ1v) is 9.09. The van der Waals surface area contributed by atoms with E-state index in [1.807, 2.05) is 17.0 Å². The maximum Gasteiger partial charge on any atom is 0.285 e. The van der Waals surface area contributed by atoms with Gasteiger partial charge in [0.25, 0.3) is 5.56 Å². The molecule has 0 unspecified atom stereocenters. The van der Waals surface area contributed by atoms with Crippen LogP contribution in [0.4, 0.5) is 5.69 Å². The molecule has 2 aliphatic rings. The van der Waals surface area contributed by atoms with Crippen molar-refractivity contribution in [2.75, 3.05) is 31.1 Å². The molecular weight excluding hydrogens is 354 g/mol. The standard InChI is InChI=1S/C18H20ClN5O2/c19-17-15(10-22-23-18(17)25)24-8-4-14(11-24)26-16-9-13(3-7-21-16)12-1-5-20-6-2-12/h1,3,7,9-10,14,20H,2,4-6,8,11H2,(H,23,25)/t14-/m1/s1. The lowest BCUT2D eigenvalue weighted by atomic mass is 10.0. The van der Waals surface area contributed by atoms with Crippen molar-refractivity contribution in [2.45, 2.75) is 18.9 Å². The normalized spacial score (nSPS) is 20.1. The van der Waals surface area contributed by atoms with Gasteiger partial charge in [-0.3, -0.25) is 4.79 Å². The van der Waals surface area contributed by atoms with E-state index in [0.29, 0.717) is 18.1 Å². The Morgan fingerprint density at radius 2 is 2.31 bits per heavy atom. The summed E-state index contributed by atoms with van der Waals surface area (Å²) in [7, 11) is 0. The minimum atomic E-state index is -0.377. The fourth-order valence-electron chi connectivity index (χ4n) is 3.37. The van der Waals surface area contributed by atoms with E-state index in [1.165, 1.54) is 5.57 Å². The SMILES string of the molecule is O=c1[nH]ncc(N2CC[C@@H](Oc3cc(C4=CCNCC4)ccn3)C2)c1Cl. The number of aromatic nitrogens is 3. The van der Waals surface area contributed by atoms with Crippen LogP contribution in [0.3, 0.4) is 0 Å². The maximum absolute atomic E-state index is 11.6. The van der Waals surface area contributed by atoms with Crippen LogP contribution in [-0.4, -0.2) is 47.5 Å². The smallest absolute Gasteiger partial charge is 0.285 e. The maximum atomic E-state index is 11.6. The fraction of sp³-hybridized carbons (Fsp3) is 0.389. The second kappa shape index (κ2) is 7.47. The largest absolute Gasteiger partial charge is 0.472 e. The van der Waals surface area contributed by atoms with Crippen molar-refractivity contribution in [1.82, 2.24) is 20.5 Å². The zero-order valence-electron chi connectivity index (χ0n) is 14.2. The van der Waals surface area contributed by atoms with Crippen LogP contribution in [0.2, 0.25) is 5.02 Å². The number of aromatic amines is 1. The van der Waals surface area contributed by atoms with Gasteiger partial charge in [0.1, 0.15) is 11.1 Å². The van der Waals surface area contributed by atoms with Crippen LogP contribution in [0, 0.1) is 0 Å². The van der Waals surface area contributed by atoms with Crippen LogP contribution in [0.1, 0.15) is 18.4 Å². The van der Waals surface area contributed by atoms with E-state index in [2.05, 4.69) is 26.6 Å². The van der Waals surface area contributed by atoms with Gasteiger partial charge in [-0.25, -0.2) is 10.1 Å². The van der Waals surface area contributed by atoms with Crippen LogP contribution in [0.15, 0.2) is 35.4 Å². The summed E-state index contributed by atoms with van der Waals surface area (Å²) in [5.41, 5.74) is 2.75. The first-order chi connectivity index (χ1) is 12.7. The molecule has 0 amide bonds. The second-order valence-corrected chi connectivity index (χ2v) is 6.82. The van der Waals surface area contributed by atoms with Gasteiger partial charge in [-0.15, -0.1) is 0 Å². The highest BCUT2D eigenvalue weighted by atomic mass is 35.5. The summed E-state index contributed by atoms with van der Waals surface area (Å²) in [4.78, 5) is 18.0. The van der Waals surface area contributed by atoms with Crippen molar-refractivity contribution in [2.24, 2.45) is 0 Å². The van der Waals surface area contributed by atoms with Crippen LogP contribution >= 0.6 is 11.6 Å². The van der Waals surface area contributed by atoms with Gasteiger partial charge >= 0.3 is 0 Å². The van der Waals surface area contributed by atoms with Crippen molar-refractivity contribution in [3.63, 3.8) is 0 Å². The summed E-state index contributed by atoms with van der Waals surface area (Å²) < 4.78 is 6.08. The Balaban J connectivity index is 1.45. The minimum Gasteiger partial charge on any atom is -0.472 e. The van der Waals surface area contributed by atoms with E-state index < -0.39 is 0 Å². The molecule has 8 heteroatoms. The number of halogens is 1. The number of ether oxygens (including phenoxy) is 1. The topological polar surface area (TPSA) is 83.1 Å². The molecule has 1 fully saturated rings. The van der Waals surface area contributed by atoms with Crippen molar-refractivity contribution in [3.05, 3.63) is 51.5 Å². The van der Waals surface area contributed by atoms with E-state index in [-0.39, 0.29) is 16.7 Å². The lowest BCUT2D eigenvalue weighted by Gasteiger charge is -2.19. The van der Waals surface area contributed by atoms with Crippen molar-refractivity contribution in [3.8, 4) is 5.88 Å². The Kier molecular flexibility index (Phi) is 4.90. The number of hydrogen-bond acceptors (Lipinski definition) is 6. The number of nitrogens with one attached hydrogen (secondary N) is 2. The second-order valence-electron chi connectivity index (χ2n) is 6.44. The Morgan fingerprint density at radius 3 is 3.15 bits per heavy atom. The molecule has 136 valence electrons. The van der Waals surface area contributed by atoms with Gasteiger partial charge in [-0.1, -0.05) is 17.7 Å². The average Bonchev–Trinajstić information content (AvgIpc) is 3.13. The molecule has 0 saturated carbocycles. The molecule has 0 bridgehead atoms. The number of nitrogens with zero attached hydrogens (tertiary/aromatic N) is 3. The zero-order chi connectivity index (χ0) is 17.9. The molecule has 2 aromatic heterocycles. The van der Waals surface area contributed by atoms with E-state index >= 15 is 0 Å².